The molecule has 3 heteroatoms. The molecule has 0 aliphatic rings. The second-order valence-corrected chi connectivity index (χ2v) is 5.37. The van der Waals surface area contributed by atoms with Crippen molar-refractivity contribution in [2.45, 2.75) is 39.7 Å². The SMILES string of the molecule is CC(C)(C)CCC(NN)c1ccc(F)cc1. The maximum atomic E-state index is 12.8. The quantitative estimate of drug-likeness (QED) is 0.609. The van der Waals surface area contributed by atoms with Crippen LogP contribution in [-0.2, 0) is 0 Å². The van der Waals surface area contributed by atoms with Gasteiger partial charge in [0, 0.05) is 6.04 Å². The molecule has 0 fully saturated rings. The van der Waals surface area contributed by atoms with Gasteiger partial charge >= 0.3 is 0 Å². The molecular weight excluding hydrogens is 203 g/mol. The van der Waals surface area contributed by atoms with Gasteiger partial charge in [0.2, 0.25) is 0 Å². The molecule has 90 valence electrons. The molecule has 3 N–H and O–H groups in total. The molecule has 0 amide bonds. The zero-order valence-corrected chi connectivity index (χ0v) is 10.3. The standard InChI is InChI=1S/C13H21FN2/c1-13(2,3)9-8-12(16-15)10-4-6-11(14)7-5-10/h4-7,12,16H,8-9,15H2,1-3H3. The van der Waals surface area contributed by atoms with Crippen molar-refractivity contribution in [2.24, 2.45) is 11.3 Å². The van der Waals surface area contributed by atoms with Crippen molar-refractivity contribution in [3.05, 3.63) is 35.6 Å². The molecule has 1 unspecified atom stereocenters. The Morgan fingerprint density at radius 3 is 2.25 bits per heavy atom. The highest BCUT2D eigenvalue weighted by Gasteiger charge is 2.15. The van der Waals surface area contributed by atoms with E-state index in [0.717, 1.165) is 18.4 Å². The maximum absolute atomic E-state index is 12.8. The molecule has 0 saturated carbocycles. The lowest BCUT2D eigenvalue weighted by molar-refractivity contribution is 0.333. The van der Waals surface area contributed by atoms with Crippen LogP contribution in [0.2, 0.25) is 0 Å². The van der Waals surface area contributed by atoms with Gasteiger partial charge in [0.15, 0.2) is 0 Å². The van der Waals surface area contributed by atoms with Gasteiger partial charge < -0.3 is 0 Å². The van der Waals surface area contributed by atoms with Crippen LogP contribution in [0, 0.1) is 11.2 Å². The first-order chi connectivity index (χ1) is 7.42. The minimum Gasteiger partial charge on any atom is -0.271 e. The van der Waals surface area contributed by atoms with Crippen molar-refractivity contribution < 1.29 is 4.39 Å². The zero-order valence-electron chi connectivity index (χ0n) is 10.3. The fourth-order valence-corrected chi connectivity index (χ4v) is 1.62. The lowest BCUT2D eigenvalue weighted by atomic mass is 9.87. The van der Waals surface area contributed by atoms with E-state index in [2.05, 4.69) is 26.2 Å². The van der Waals surface area contributed by atoms with Gasteiger partial charge in [-0.1, -0.05) is 32.9 Å². The van der Waals surface area contributed by atoms with Gasteiger partial charge in [0.05, 0.1) is 0 Å². The average Bonchev–Trinajstić information content (AvgIpc) is 2.20. The lowest BCUT2D eigenvalue weighted by Crippen LogP contribution is -2.28. The van der Waals surface area contributed by atoms with Crippen molar-refractivity contribution >= 4 is 0 Å². The first kappa shape index (κ1) is 13.1. The number of hydrazine groups is 1. The third kappa shape index (κ3) is 4.29. The fraction of sp³-hybridized carbons (Fsp3) is 0.538. The molecule has 0 aliphatic heterocycles. The largest absolute Gasteiger partial charge is 0.271 e. The zero-order chi connectivity index (χ0) is 12.2. The third-order valence-electron chi connectivity index (χ3n) is 2.66. The molecule has 0 aliphatic carbocycles. The van der Waals surface area contributed by atoms with Crippen LogP contribution in [0.4, 0.5) is 4.39 Å². The van der Waals surface area contributed by atoms with Crippen molar-refractivity contribution in [3.63, 3.8) is 0 Å². The molecule has 0 aromatic heterocycles. The predicted molar refractivity (Wildman–Crippen MR) is 65.2 cm³/mol. The van der Waals surface area contributed by atoms with Crippen LogP contribution >= 0.6 is 0 Å². The minimum atomic E-state index is -0.213. The second-order valence-electron chi connectivity index (χ2n) is 5.37. The fourth-order valence-electron chi connectivity index (χ4n) is 1.62. The molecule has 1 rings (SSSR count). The summed E-state index contributed by atoms with van der Waals surface area (Å²) in [6.07, 6.45) is 2.02. The van der Waals surface area contributed by atoms with E-state index < -0.39 is 0 Å². The Morgan fingerprint density at radius 1 is 1.25 bits per heavy atom. The van der Waals surface area contributed by atoms with Crippen LogP contribution in [0.15, 0.2) is 24.3 Å². The second kappa shape index (κ2) is 5.41. The van der Waals surface area contributed by atoms with Crippen molar-refractivity contribution in [1.82, 2.24) is 5.43 Å². The molecule has 1 aromatic rings. The molecule has 0 heterocycles. The molecule has 0 saturated heterocycles. The first-order valence-corrected chi connectivity index (χ1v) is 5.64. The van der Waals surface area contributed by atoms with Gasteiger partial charge in [-0.15, -0.1) is 0 Å². The van der Waals surface area contributed by atoms with E-state index in [1.165, 1.54) is 12.1 Å². The Kier molecular flexibility index (Phi) is 4.44. The van der Waals surface area contributed by atoms with E-state index in [1.807, 2.05) is 0 Å². The summed E-state index contributed by atoms with van der Waals surface area (Å²) in [6, 6.07) is 6.60. The molecule has 1 aromatic carbocycles. The van der Waals surface area contributed by atoms with Crippen LogP contribution in [-0.4, -0.2) is 0 Å². The third-order valence-corrected chi connectivity index (χ3v) is 2.66. The lowest BCUT2D eigenvalue weighted by Gasteiger charge is -2.23. The monoisotopic (exact) mass is 224 g/mol. The van der Waals surface area contributed by atoms with Crippen molar-refractivity contribution in [3.8, 4) is 0 Å². The predicted octanol–water partition coefficient (Wildman–Crippen LogP) is 3.16. The van der Waals surface area contributed by atoms with Crippen LogP contribution in [0.1, 0.15) is 45.2 Å². The number of hydrogen-bond acceptors (Lipinski definition) is 2. The molecule has 2 nitrogen and oxygen atoms in total. The summed E-state index contributed by atoms with van der Waals surface area (Å²) in [6.45, 7) is 6.60. The molecule has 1 atom stereocenters. The summed E-state index contributed by atoms with van der Waals surface area (Å²) in [5, 5.41) is 0. The number of hydrogen-bond donors (Lipinski definition) is 2. The summed E-state index contributed by atoms with van der Waals surface area (Å²) in [5.41, 5.74) is 4.11. The summed E-state index contributed by atoms with van der Waals surface area (Å²) >= 11 is 0. The van der Waals surface area contributed by atoms with Gasteiger partial charge in [-0.3, -0.25) is 11.3 Å². The highest BCUT2D eigenvalue weighted by atomic mass is 19.1. The number of nitrogens with two attached hydrogens (primary N) is 1. The topological polar surface area (TPSA) is 38.0 Å². The normalized spacial score (nSPS) is 13.8. The van der Waals surface area contributed by atoms with Crippen molar-refractivity contribution in [2.75, 3.05) is 0 Å². The van der Waals surface area contributed by atoms with E-state index in [-0.39, 0.29) is 17.3 Å². The molecule has 0 bridgehead atoms. The number of rotatable bonds is 4. The summed E-state index contributed by atoms with van der Waals surface area (Å²) in [5.74, 6) is 5.32. The van der Waals surface area contributed by atoms with Crippen LogP contribution in [0.3, 0.4) is 0 Å². The van der Waals surface area contributed by atoms with E-state index in [4.69, 9.17) is 5.84 Å². The molecular formula is C13H21FN2. The highest BCUT2D eigenvalue weighted by molar-refractivity contribution is 5.19. The Bertz CT molecular complexity index is 314. The van der Waals surface area contributed by atoms with E-state index >= 15 is 0 Å². The summed E-state index contributed by atoms with van der Waals surface area (Å²) in [7, 11) is 0. The van der Waals surface area contributed by atoms with Gasteiger partial charge in [-0.05, 0) is 36.0 Å². The Balaban J connectivity index is 2.64. The Labute approximate surface area is 97.0 Å². The molecule has 0 radical (unpaired) electrons. The average molecular weight is 224 g/mol. The van der Waals surface area contributed by atoms with Crippen LogP contribution in [0.25, 0.3) is 0 Å². The smallest absolute Gasteiger partial charge is 0.123 e. The van der Waals surface area contributed by atoms with Crippen molar-refractivity contribution in [1.29, 1.82) is 0 Å². The number of halogens is 1. The van der Waals surface area contributed by atoms with Crippen LogP contribution in [0.5, 0.6) is 0 Å². The Hall–Kier alpha value is -0.930. The van der Waals surface area contributed by atoms with Gasteiger partial charge in [-0.25, -0.2) is 4.39 Å². The highest BCUT2D eigenvalue weighted by Crippen LogP contribution is 2.26. The van der Waals surface area contributed by atoms with Gasteiger partial charge in [0.1, 0.15) is 5.82 Å². The van der Waals surface area contributed by atoms with E-state index in [0.29, 0.717) is 0 Å². The maximum Gasteiger partial charge on any atom is 0.123 e. The summed E-state index contributed by atoms with van der Waals surface area (Å²) in [4.78, 5) is 0. The molecule has 0 spiro atoms. The van der Waals surface area contributed by atoms with E-state index in [9.17, 15) is 4.39 Å². The van der Waals surface area contributed by atoms with Gasteiger partial charge in [0.25, 0.3) is 0 Å². The first-order valence-electron chi connectivity index (χ1n) is 5.64. The molecule has 16 heavy (non-hydrogen) atoms. The number of nitrogens with one attached hydrogen (secondary N) is 1. The van der Waals surface area contributed by atoms with E-state index in [1.54, 1.807) is 12.1 Å². The Morgan fingerprint density at radius 2 is 1.81 bits per heavy atom. The minimum absolute atomic E-state index is 0.0971. The van der Waals surface area contributed by atoms with Crippen LogP contribution < -0.4 is 11.3 Å². The number of benzene rings is 1. The summed E-state index contributed by atoms with van der Waals surface area (Å²) < 4.78 is 12.8. The van der Waals surface area contributed by atoms with Gasteiger partial charge in [-0.2, -0.15) is 0 Å².